The largest absolute Gasteiger partial charge is 0.508 e. The van der Waals surface area contributed by atoms with Crippen molar-refractivity contribution in [3.8, 4) is 23.0 Å². The van der Waals surface area contributed by atoms with Crippen molar-refractivity contribution in [1.29, 1.82) is 0 Å². The monoisotopic (exact) mass is 258 g/mol. The second-order valence-electron chi connectivity index (χ2n) is 4.01. The molecule has 0 heterocycles. The molecule has 2 rings (SSSR count). The molecule has 4 nitrogen and oxygen atoms in total. The number of rotatable bonds is 3. The molecule has 0 bridgehead atoms. The fraction of sp³-hybridized carbons (Fsp3) is 0.0667. The summed E-state index contributed by atoms with van der Waals surface area (Å²) in [5.41, 5.74) is 1.21. The molecular weight excluding hydrogens is 244 g/mol. The van der Waals surface area contributed by atoms with Crippen LogP contribution in [0.1, 0.15) is 11.1 Å². The molecule has 4 heteroatoms. The fourth-order valence-electron chi connectivity index (χ4n) is 1.69. The van der Waals surface area contributed by atoms with Crippen molar-refractivity contribution in [3.63, 3.8) is 0 Å². The summed E-state index contributed by atoms with van der Waals surface area (Å²) in [7, 11) is 1.52. The lowest BCUT2D eigenvalue weighted by molar-refractivity contribution is 0.403. The summed E-state index contributed by atoms with van der Waals surface area (Å²) in [6.07, 6.45) is 3.35. The Hall–Kier alpha value is -2.62. The first-order valence-corrected chi connectivity index (χ1v) is 5.67. The average Bonchev–Trinajstić information content (AvgIpc) is 2.40. The maximum atomic E-state index is 9.66. The molecule has 0 aromatic heterocycles. The number of phenolic OH excluding ortho intramolecular Hbond substituents is 3. The van der Waals surface area contributed by atoms with Gasteiger partial charge in [0.05, 0.1) is 7.11 Å². The molecule has 3 N–H and O–H groups in total. The van der Waals surface area contributed by atoms with Crippen molar-refractivity contribution in [1.82, 2.24) is 0 Å². The van der Waals surface area contributed by atoms with Gasteiger partial charge in [-0.25, -0.2) is 0 Å². The summed E-state index contributed by atoms with van der Waals surface area (Å²) in [5, 5.41) is 28.6. The fourth-order valence-corrected chi connectivity index (χ4v) is 1.69. The highest BCUT2D eigenvalue weighted by molar-refractivity contribution is 5.74. The van der Waals surface area contributed by atoms with Gasteiger partial charge in [0.25, 0.3) is 0 Å². The van der Waals surface area contributed by atoms with Crippen LogP contribution in [0.25, 0.3) is 12.2 Å². The van der Waals surface area contributed by atoms with Gasteiger partial charge in [-0.05, 0) is 23.8 Å². The van der Waals surface area contributed by atoms with Crippen molar-refractivity contribution in [2.24, 2.45) is 0 Å². The van der Waals surface area contributed by atoms with Crippen LogP contribution >= 0.6 is 0 Å². The van der Waals surface area contributed by atoms with Gasteiger partial charge >= 0.3 is 0 Å². The third-order valence-corrected chi connectivity index (χ3v) is 2.65. The second kappa shape index (κ2) is 5.35. The number of phenols is 3. The lowest BCUT2D eigenvalue weighted by atomic mass is 10.1. The third kappa shape index (κ3) is 2.98. The Balaban J connectivity index is 2.32. The molecule has 0 saturated heterocycles. The Bertz CT molecular complexity index is 618. The van der Waals surface area contributed by atoms with Gasteiger partial charge in [0.2, 0.25) is 0 Å². The normalized spacial score (nSPS) is 10.8. The maximum Gasteiger partial charge on any atom is 0.164 e. The Morgan fingerprint density at radius 3 is 2.53 bits per heavy atom. The Labute approximate surface area is 110 Å². The van der Waals surface area contributed by atoms with Gasteiger partial charge in [-0.15, -0.1) is 0 Å². The van der Waals surface area contributed by atoms with E-state index in [-0.39, 0.29) is 17.2 Å². The highest BCUT2D eigenvalue weighted by atomic mass is 16.5. The van der Waals surface area contributed by atoms with Crippen LogP contribution < -0.4 is 4.74 Å². The minimum Gasteiger partial charge on any atom is -0.508 e. The standard InChI is InChI=1S/C15H14O4/c1-19-13-8-10(7-12(16)9-13)5-6-11-3-2-4-14(17)15(11)18/h2-9,16-18H,1H3/b6-5+. The quantitative estimate of drug-likeness (QED) is 0.584. The molecule has 19 heavy (non-hydrogen) atoms. The van der Waals surface area contributed by atoms with E-state index in [1.165, 1.54) is 19.2 Å². The lowest BCUT2D eigenvalue weighted by Crippen LogP contribution is -1.83. The highest BCUT2D eigenvalue weighted by Crippen LogP contribution is 2.30. The SMILES string of the molecule is COc1cc(O)cc(/C=C/c2cccc(O)c2O)c1. The first-order chi connectivity index (χ1) is 9.10. The molecule has 98 valence electrons. The van der Waals surface area contributed by atoms with Crippen molar-refractivity contribution in [3.05, 3.63) is 47.5 Å². The van der Waals surface area contributed by atoms with E-state index in [0.717, 1.165) is 5.56 Å². The number of aromatic hydroxyl groups is 3. The number of para-hydroxylation sites is 1. The molecule has 0 spiro atoms. The van der Waals surface area contributed by atoms with E-state index in [0.29, 0.717) is 11.3 Å². The second-order valence-corrected chi connectivity index (χ2v) is 4.01. The molecule has 0 atom stereocenters. The van der Waals surface area contributed by atoms with Gasteiger partial charge < -0.3 is 20.1 Å². The Morgan fingerprint density at radius 1 is 1.00 bits per heavy atom. The summed E-state index contributed by atoms with van der Waals surface area (Å²) in [5.74, 6) is 0.292. The van der Waals surface area contributed by atoms with Gasteiger partial charge in [-0.2, -0.15) is 0 Å². The van der Waals surface area contributed by atoms with E-state index in [9.17, 15) is 15.3 Å². The smallest absolute Gasteiger partial charge is 0.164 e. The summed E-state index contributed by atoms with van der Waals surface area (Å²) < 4.78 is 5.05. The zero-order valence-electron chi connectivity index (χ0n) is 10.4. The number of hydrogen-bond acceptors (Lipinski definition) is 4. The van der Waals surface area contributed by atoms with Crippen molar-refractivity contribution in [2.45, 2.75) is 0 Å². The predicted octanol–water partition coefficient (Wildman–Crippen LogP) is 2.98. The summed E-state index contributed by atoms with van der Waals surface area (Å²) in [4.78, 5) is 0. The number of ether oxygens (including phenoxy) is 1. The van der Waals surface area contributed by atoms with Gasteiger partial charge in [-0.1, -0.05) is 24.3 Å². The molecule has 0 radical (unpaired) electrons. The van der Waals surface area contributed by atoms with E-state index in [1.807, 2.05) is 0 Å². The van der Waals surface area contributed by atoms with Crippen LogP contribution in [0, 0.1) is 0 Å². The number of methoxy groups -OCH3 is 1. The number of hydrogen-bond donors (Lipinski definition) is 3. The summed E-state index contributed by atoms with van der Waals surface area (Å²) >= 11 is 0. The third-order valence-electron chi connectivity index (χ3n) is 2.65. The van der Waals surface area contributed by atoms with E-state index < -0.39 is 0 Å². The zero-order valence-corrected chi connectivity index (χ0v) is 10.4. The summed E-state index contributed by atoms with van der Waals surface area (Å²) in [6.45, 7) is 0. The molecule has 2 aromatic carbocycles. The van der Waals surface area contributed by atoms with Crippen LogP contribution in [-0.4, -0.2) is 22.4 Å². The minimum absolute atomic E-state index is 0.0964. The van der Waals surface area contributed by atoms with Crippen LogP contribution in [0.2, 0.25) is 0 Å². The van der Waals surface area contributed by atoms with Gasteiger partial charge in [0, 0.05) is 11.6 Å². The van der Waals surface area contributed by atoms with Crippen LogP contribution in [0.4, 0.5) is 0 Å². The van der Waals surface area contributed by atoms with Crippen LogP contribution in [0.5, 0.6) is 23.0 Å². The van der Waals surface area contributed by atoms with E-state index in [2.05, 4.69) is 0 Å². The molecule has 0 saturated carbocycles. The maximum absolute atomic E-state index is 9.66. The molecule has 0 fully saturated rings. The lowest BCUT2D eigenvalue weighted by Gasteiger charge is -2.03. The zero-order chi connectivity index (χ0) is 13.8. The Morgan fingerprint density at radius 2 is 1.79 bits per heavy atom. The number of benzene rings is 2. The molecule has 2 aromatic rings. The average molecular weight is 258 g/mol. The topological polar surface area (TPSA) is 69.9 Å². The first kappa shape index (κ1) is 12.8. The molecule has 0 unspecified atom stereocenters. The van der Waals surface area contributed by atoms with Crippen LogP contribution in [0.15, 0.2) is 36.4 Å². The minimum atomic E-state index is -0.175. The molecule has 0 aliphatic heterocycles. The van der Waals surface area contributed by atoms with Crippen LogP contribution in [0.3, 0.4) is 0 Å². The van der Waals surface area contributed by atoms with Crippen molar-refractivity contribution >= 4 is 12.2 Å². The molecule has 0 aliphatic carbocycles. The summed E-state index contributed by atoms with van der Waals surface area (Å²) in [6, 6.07) is 9.53. The van der Waals surface area contributed by atoms with E-state index in [4.69, 9.17) is 4.74 Å². The van der Waals surface area contributed by atoms with Gasteiger partial charge in [0.15, 0.2) is 11.5 Å². The highest BCUT2D eigenvalue weighted by Gasteiger charge is 2.02. The van der Waals surface area contributed by atoms with Crippen molar-refractivity contribution < 1.29 is 20.1 Å². The van der Waals surface area contributed by atoms with E-state index in [1.54, 1.807) is 36.4 Å². The Kier molecular flexibility index (Phi) is 3.61. The first-order valence-electron chi connectivity index (χ1n) is 5.67. The predicted molar refractivity (Wildman–Crippen MR) is 73.4 cm³/mol. The van der Waals surface area contributed by atoms with Gasteiger partial charge in [-0.3, -0.25) is 0 Å². The molecular formula is C15H14O4. The molecule has 0 aliphatic rings. The van der Waals surface area contributed by atoms with Crippen LogP contribution in [-0.2, 0) is 0 Å². The van der Waals surface area contributed by atoms with Gasteiger partial charge in [0.1, 0.15) is 11.5 Å². The van der Waals surface area contributed by atoms with E-state index >= 15 is 0 Å². The van der Waals surface area contributed by atoms with Crippen molar-refractivity contribution in [2.75, 3.05) is 7.11 Å². The molecule has 0 amide bonds.